The van der Waals surface area contributed by atoms with Gasteiger partial charge in [-0.05, 0) is 68.3 Å². The van der Waals surface area contributed by atoms with Crippen molar-refractivity contribution in [3.63, 3.8) is 0 Å². The average Bonchev–Trinajstić information content (AvgIpc) is 2.95. The summed E-state index contributed by atoms with van der Waals surface area (Å²) in [6, 6.07) is 9.40. The van der Waals surface area contributed by atoms with E-state index in [-0.39, 0.29) is 39.7 Å². The molecular formula is C33H32O9. The highest BCUT2D eigenvalue weighted by molar-refractivity contribution is 6.03. The molecule has 2 aromatic rings. The van der Waals surface area contributed by atoms with Gasteiger partial charge in [-0.2, -0.15) is 0 Å². The molecular weight excluding hydrogens is 540 g/mol. The summed E-state index contributed by atoms with van der Waals surface area (Å²) < 4.78 is 21.0. The maximum absolute atomic E-state index is 12.7. The lowest BCUT2D eigenvalue weighted by atomic mass is 10.1. The SMILES string of the molecule is C=C(C)C(=O)OC(=C\C(=O)/C=C/c1ccc(OC(=O)C(=C)C)c(OC)c1)/C=C/c1ccc(OC(=O)C(=C)C)c(CO)c1. The lowest BCUT2D eigenvalue weighted by Gasteiger charge is -2.10. The van der Waals surface area contributed by atoms with Gasteiger partial charge in [0, 0.05) is 28.4 Å². The molecule has 0 saturated heterocycles. The molecule has 0 spiro atoms. The molecule has 2 aromatic carbocycles. The van der Waals surface area contributed by atoms with Gasteiger partial charge < -0.3 is 24.1 Å². The highest BCUT2D eigenvalue weighted by Gasteiger charge is 2.13. The van der Waals surface area contributed by atoms with E-state index < -0.39 is 30.3 Å². The third kappa shape index (κ3) is 10.0. The fraction of sp³-hybridized carbons (Fsp3) is 0.152. The van der Waals surface area contributed by atoms with Gasteiger partial charge in [0.15, 0.2) is 17.3 Å². The first-order chi connectivity index (χ1) is 19.8. The van der Waals surface area contributed by atoms with Crippen LogP contribution in [0.3, 0.4) is 0 Å². The number of benzene rings is 2. The molecule has 0 radical (unpaired) electrons. The molecule has 0 atom stereocenters. The van der Waals surface area contributed by atoms with E-state index in [0.29, 0.717) is 16.7 Å². The normalized spacial score (nSPS) is 11.2. The van der Waals surface area contributed by atoms with Gasteiger partial charge in [-0.1, -0.05) is 44.0 Å². The molecule has 0 aliphatic heterocycles. The van der Waals surface area contributed by atoms with Crippen molar-refractivity contribution in [2.75, 3.05) is 7.11 Å². The molecule has 42 heavy (non-hydrogen) atoms. The lowest BCUT2D eigenvalue weighted by Crippen LogP contribution is -2.09. The molecule has 0 unspecified atom stereocenters. The second kappa shape index (κ2) is 15.5. The predicted octanol–water partition coefficient (Wildman–Crippen LogP) is 5.45. The fourth-order valence-corrected chi connectivity index (χ4v) is 3.02. The van der Waals surface area contributed by atoms with Crippen LogP contribution in [-0.2, 0) is 30.5 Å². The fourth-order valence-electron chi connectivity index (χ4n) is 3.02. The Morgan fingerprint density at radius 3 is 1.81 bits per heavy atom. The summed E-state index contributed by atoms with van der Waals surface area (Å²) in [7, 11) is 1.41. The number of aliphatic hydroxyl groups excluding tert-OH is 1. The molecule has 0 aromatic heterocycles. The summed E-state index contributed by atoms with van der Waals surface area (Å²) in [5.74, 6) is -1.89. The summed E-state index contributed by atoms with van der Waals surface area (Å²) in [6.45, 7) is 14.7. The van der Waals surface area contributed by atoms with Gasteiger partial charge in [-0.3, -0.25) is 4.79 Å². The van der Waals surface area contributed by atoms with Gasteiger partial charge in [0.25, 0.3) is 0 Å². The lowest BCUT2D eigenvalue weighted by molar-refractivity contribution is -0.134. The van der Waals surface area contributed by atoms with E-state index in [4.69, 9.17) is 18.9 Å². The Kier molecular flexibility index (Phi) is 12.1. The molecule has 9 nitrogen and oxygen atoms in total. The first-order valence-electron chi connectivity index (χ1n) is 12.5. The third-order valence-corrected chi connectivity index (χ3v) is 5.27. The molecule has 0 bridgehead atoms. The number of hydrogen-bond donors (Lipinski definition) is 1. The summed E-state index contributed by atoms with van der Waals surface area (Å²) in [6.07, 6.45) is 6.83. The minimum absolute atomic E-state index is 0.0689. The second-order valence-corrected chi connectivity index (χ2v) is 9.06. The highest BCUT2D eigenvalue weighted by Crippen LogP contribution is 2.29. The van der Waals surface area contributed by atoms with E-state index >= 15 is 0 Å². The van der Waals surface area contributed by atoms with Gasteiger partial charge in [-0.15, -0.1) is 0 Å². The average molecular weight is 573 g/mol. The maximum Gasteiger partial charge on any atom is 0.338 e. The second-order valence-electron chi connectivity index (χ2n) is 9.06. The quantitative estimate of drug-likeness (QED) is 0.110. The molecule has 2 rings (SSSR count). The topological polar surface area (TPSA) is 125 Å². The zero-order valence-electron chi connectivity index (χ0n) is 23.9. The molecule has 218 valence electrons. The van der Waals surface area contributed by atoms with Crippen LogP contribution in [0.5, 0.6) is 17.2 Å². The molecule has 1 N–H and O–H groups in total. The zero-order chi connectivity index (χ0) is 31.4. The van der Waals surface area contributed by atoms with Crippen LogP contribution in [0, 0.1) is 0 Å². The first kappa shape index (κ1) is 32.9. The number of aliphatic hydroxyl groups is 1. The Morgan fingerprint density at radius 1 is 0.738 bits per heavy atom. The molecule has 0 amide bonds. The Morgan fingerprint density at radius 2 is 1.26 bits per heavy atom. The van der Waals surface area contributed by atoms with Crippen molar-refractivity contribution >= 4 is 35.8 Å². The third-order valence-electron chi connectivity index (χ3n) is 5.27. The number of hydrogen-bond acceptors (Lipinski definition) is 9. The minimum Gasteiger partial charge on any atom is -0.493 e. The standard InChI is InChI=1S/C33H32O9/c1-20(2)31(36)40-27(13-9-23-10-14-28(25(16-23)19-34)41-32(37)21(3)4)18-26(35)12-8-24-11-15-29(30(17-24)39-7)42-33(38)22(5)6/h8-18,34H,1,3,5,19H2,2,4,6-7H3/b12-8+,13-9+,27-18-. The number of rotatable bonds is 13. The first-order valence-corrected chi connectivity index (χ1v) is 12.5. The van der Waals surface area contributed by atoms with E-state index in [2.05, 4.69) is 19.7 Å². The van der Waals surface area contributed by atoms with Crippen molar-refractivity contribution in [1.82, 2.24) is 0 Å². The molecule has 0 aliphatic rings. The van der Waals surface area contributed by atoms with Crippen molar-refractivity contribution < 1.29 is 43.2 Å². The van der Waals surface area contributed by atoms with Gasteiger partial charge >= 0.3 is 17.9 Å². The van der Waals surface area contributed by atoms with Crippen LogP contribution in [0.1, 0.15) is 37.5 Å². The maximum atomic E-state index is 12.7. The van der Waals surface area contributed by atoms with Gasteiger partial charge in [0.2, 0.25) is 0 Å². The number of allylic oxidation sites excluding steroid dienone is 3. The van der Waals surface area contributed by atoms with Crippen molar-refractivity contribution in [3.05, 3.63) is 114 Å². The minimum atomic E-state index is -0.731. The monoisotopic (exact) mass is 572 g/mol. The van der Waals surface area contributed by atoms with E-state index in [1.807, 2.05) is 0 Å². The Balaban J connectivity index is 2.30. The van der Waals surface area contributed by atoms with Crippen LogP contribution in [0.25, 0.3) is 12.2 Å². The molecule has 0 saturated carbocycles. The molecule has 9 heteroatoms. The van der Waals surface area contributed by atoms with Crippen LogP contribution >= 0.6 is 0 Å². The number of carbonyl (C=O) groups excluding carboxylic acids is 4. The van der Waals surface area contributed by atoms with Crippen LogP contribution < -0.4 is 14.2 Å². The number of methoxy groups -OCH3 is 1. The molecule has 0 fully saturated rings. The van der Waals surface area contributed by atoms with E-state index in [1.165, 1.54) is 58.2 Å². The van der Waals surface area contributed by atoms with Crippen LogP contribution in [0.2, 0.25) is 0 Å². The number of esters is 3. The zero-order valence-corrected chi connectivity index (χ0v) is 23.9. The van der Waals surface area contributed by atoms with Crippen molar-refractivity contribution in [1.29, 1.82) is 0 Å². The smallest absolute Gasteiger partial charge is 0.338 e. The summed E-state index contributed by atoms with van der Waals surface area (Å²) >= 11 is 0. The summed E-state index contributed by atoms with van der Waals surface area (Å²) in [4.78, 5) is 48.6. The van der Waals surface area contributed by atoms with Crippen molar-refractivity contribution in [3.8, 4) is 17.2 Å². The Hall–Kier alpha value is -5.28. The van der Waals surface area contributed by atoms with E-state index in [9.17, 15) is 24.3 Å². The van der Waals surface area contributed by atoms with Gasteiger partial charge in [0.05, 0.1) is 13.7 Å². The Labute approximate surface area is 244 Å². The molecule has 0 aliphatic carbocycles. The van der Waals surface area contributed by atoms with Crippen LogP contribution in [-0.4, -0.2) is 35.9 Å². The van der Waals surface area contributed by atoms with Crippen LogP contribution in [0.15, 0.2) is 96.8 Å². The van der Waals surface area contributed by atoms with Gasteiger partial charge in [-0.25, -0.2) is 14.4 Å². The Bertz CT molecular complexity index is 1520. The molecule has 0 heterocycles. The van der Waals surface area contributed by atoms with Crippen molar-refractivity contribution in [2.45, 2.75) is 27.4 Å². The number of ether oxygens (including phenoxy) is 4. The summed E-state index contributed by atoms with van der Waals surface area (Å²) in [5, 5.41) is 9.72. The predicted molar refractivity (Wildman–Crippen MR) is 158 cm³/mol. The van der Waals surface area contributed by atoms with Gasteiger partial charge in [0.1, 0.15) is 11.5 Å². The van der Waals surface area contributed by atoms with E-state index in [1.54, 1.807) is 30.3 Å². The number of ketones is 1. The highest BCUT2D eigenvalue weighted by atomic mass is 16.6. The largest absolute Gasteiger partial charge is 0.493 e. The van der Waals surface area contributed by atoms with Crippen LogP contribution in [0.4, 0.5) is 0 Å². The van der Waals surface area contributed by atoms with Crippen molar-refractivity contribution in [2.24, 2.45) is 0 Å². The number of carbonyl (C=O) groups is 4. The summed E-state index contributed by atoms with van der Waals surface area (Å²) in [5.41, 5.74) is 2.04. The van der Waals surface area contributed by atoms with E-state index in [0.717, 1.165) is 6.08 Å².